The predicted octanol–water partition coefficient (Wildman–Crippen LogP) is 2.56. The first-order valence-electron chi connectivity index (χ1n) is 5.78. The highest BCUT2D eigenvalue weighted by molar-refractivity contribution is 6.33. The molecule has 2 aromatic heterocycles. The molecule has 21 heavy (non-hydrogen) atoms. The van der Waals surface area contributed by atoms with Gasteiger partial charge in [0.2, 0.25) is 0 Å². The van der Waals surface area contributed by atoms with Gasteiger partial charge in [-0.05, 0) is 24.3 Å². The number of nitrogens with zero attached hydrogens (tertiary/aromatic N) is 1. The number of nitrogens with one attached hydrogen (secondary N) is 2. The van der Waals surface area contributed by atoms with E-state index in [0.717, 1.165) is 12.3 Å². The molecule has 1 amide bonds. The number of fused-ring (bicyclic) bond motifs is 1. The summed E-state index contributed by atoms with van der Waals surface area (Å²) in [5.41, 5.74) is 1.10. The fourth-order valence-electron chi connectivity index (χ4n) is 1.81. The standard InChI is InChI=1S/C13H7ClFN3O3/c14-11-8(3-6(15)5-16-11)12(19)17-7-1-2-10-9(4-7)18-13(20)21-10/h1-5H,(H,17,19)(H,18,20). The van der Waals surface area contributed by atoms with Crippen LogP contribution in [0.15, 0.2) is 39.7 Å². The smallest absolute Gasteiger partial charge is 0.408 e. The molecule has 0 aliphatic carbocycles. The second-order valence-electron chi connectivity index (χ2n) is 4.17. The number of anilines is 1. The molecule has 1 aromatic carbocycles. The lowest BCUT2D eigenvalue weighted by Crippen LogP contribution is -2.13. The first kappa shape index (κ1) is 13.3. The molecule has 0 fully saturated rings. The summed E-state index contributed by atoms with van der Waals surface area (Å²) in [6.45, 7) is 0. The van der Waals surface area contributed by atoms with Crippen molar-refractivity contribution in [3.05, 3.63) is 57.5 Å². The molecular formula is C13H7ClFN3O3. The van der Waals surface area contributed by atoms with E-state index < -0.39 is 17.5 Å². The van der Waals surface area contributed by atoms with E-state index in [1.54, 1.807) is 0 Å². The molecule has 0 radical (unpaired) electrons. The minimum Gasteiger partial charge on any atom is -0.408 e. The van der Waals surface area contributed by atoms with Crippen LogP contribution in [-0.2, 0) is 0 Å². The second-order valence-corrected chi connectivity index (χ2v) is 4.53. The van der Waals surface area contributed by atoms with Crippen LogP contribution in [0.5, 0.6) is 0 Å². The zero-order valence-corrected chi connectivity index (χ0v) is 11.1. The van der Waals surface area contributed by atoms with Gasteiger partial charge in [-0.2, -0.15) is 0 Å². The molecule has 3 rings (SSSR count). The van der Waals surface area contributed by atoms with Crippen LogP contribution in [-0.4, -0.2) is 15.9 Å². The fourth-order valence-corrected chi connectivity index (χ4v) is 2.00. The van der Waals surface area contributed by atoms with E-state index >= 15 is 0 Å². The highest BCUT2D eigenvalue weighted by Crippen LogP contribution is 2.19. The van der Waals surface area contributed by atoms with Crippen molar-refractivity contribution in [1.29, 1.82) is 0 Å². The molecule has 0 saturated heterocycles. The average molecular weight is 308 g/mol. The molecule has 8 heteroatoms. The van der Waals surface area contributed by atoms with Crippen LogP contribution in [0, 0.1) is 5.82 Å². The highest BCUT2D eigenvalue weighted by atomic mass is 35.5. The first-order chi connectivity index (χ1) is 10.0. The van der Waals surface area contributed by atoms with Crippen LogP contribution in [0.25, 0.3) is 11.1 Å². The Hall–Kier alpha value is -2.67. The predicted molar refractivity (Wildman–Crippen MR) is 74.0 cm³/mol. The van der Waals surface area contributed by atoms with E-state index in [1.807, 2.05) is 0 Å². The Bertz CT molecular complexity index is 903. The maximum Gasteiger partial charge on any atom is 0.417 e. The molecule has 0 unspecified atom stereocenters. The van der Waals surface area contributed by atoms with Gasteiger partial charge in [-0.3, -0.25) is 9.78 Å². The molecule has 106 valence electrons. The molecule has 0 atom stereocenters. The van der Waals surface area contributed by atoms with Gasteiger partial charge in [0.05, 0.1) is 17.3 Å². The molecule has 6 nitrogen and oxygen atoms in total. The number of benzene rings is 1. The number of halogens is 2. The molecule has 0 spiro atoms. The normalized spacial score (nSPS) is 10.8. The minimum absolute atomic E-state index is 0.0857. The highest BCUT2D eigenvalue weighted by Gasteiger charge is 2.13. The monoisotopic (exact) mass is 307 g/mol. The maximum atomic E-state index is 13.1. The van der Waals surface area contributed by atoms with Gasteiger partial charge in [-0.15, -0.1) is 0 Å². The van der Waals surface area contributed by atoms with Crippen molar-refractivity contribution in [1.82, 2.24) is 9.97 Å². The van der Waals surface area contributed by atoms with Crippen molar-refractivity contribution in [3.8, 4) is 0 Å². The van der Waals surface area contributed by atoms with Gasteiger partial charge in [0, 0.05) is 5.69 Å². The SMILES string of the molecule is O=C(Nc1ccc2oc(=O)[nH]c2c1)c1cc(F)cnc1Cl. The third-order valence-corrected chi connectivity index (χ3v) is 3.03. The summed E-state index contributed by atoms with van der Waals surface area (Å²) in [5.74, 6) is -1.87. The minimum atomic E-state index is -0.667. The van der Waals surface area contributed by atoms with Gasteiger partial charge >= 0.3 is 5.76 Å². The van der Waals surface area contributed by atoms with E-state index in [1.165, 1.54) is 18.2 Å². The number of pyridine rings is 1. The van der Waals surface area contributed by atoms with Crippen LogP contribution >= 0.6 is 11.6 Å². The number of amides is 1. The van der Waals surface area contributed by atoms with Gasteiger partial charge in [0.1, 0.15) is 11.0 Å². The fraction of sp³-hybridized carbons (Fsp3) is 0. The summed E-state index contributed by atoms with van der Waals surface area (Å²) in [7, 11) is 0. The Balaban J connectivity index is 1.92. The van der Waals surface area contributed by atoms with E-state index in [-0.39, 0.29) is 10.7 Å². The lowest BCUT2D eigenvalue weighted by Gasteiger charge is -2.06. The average Bonchev–Trinajstić information content (AvgIpc) is 2.80. The molecule has 3 aromatic rings. The Morgan fingerprint density at radius 1 is 1.38 bits per heavy atom. The maximum absolute atomic E-state index is 13.1. The van der Waals surface area contributed by atoms with Crippen LogP contribution in [0.3, 0.4) is 0 Å². The summed E-state index contributed by atoms with van der Waals surface area (Å²) in [6.07, 6.45) is 0.918. The number of H-pyrrole nitrogens is 1. The third-order valence-electron chi connectivity index (χ3n) is 2.73. The van der Waals surface area contributed by atoms with Gasteiger partial charge in [-0.1, -0.05) is 11.6 Å². The molecule has 2 N–H and O–H groups in total. The number of aromatic nitrogens is 2. The van der Waals surface area contributed by atoms with E-state index in [9.17, 15) is 14.0 Å². The zero-order valence-electron chi connectivity index (χ0n) is 10.3. The molecule has 0 saturated carbocycles. The summed E-state index contributed by atoms with van der Waals surface area (Å²) in [6, 6.07) is 5.56. The van der Waals surface area contributed by atoms with Gasteiger partial charge in [-0.25, -0.2) is 14.2 Å². The quantitative estimate of drug-likeness (QED) is 0.712. The Kier molecular flexibility index (Phi) is 3.19. The van der Waals surface area contributed by atoms with Crippen LogP contribution < -0.4 is 11.1 Å². The zero-order chi connectivity index (χ0) is 15.0. The summed E-state index contributed by atoms with van der Waals surface area (Å²) in [5, 5.41) is 2.43. The summed E-state index contributed by atoms with van der Waals surface area (Å²) in [4.78, 5) is 29.1. The molecule has 0 aliphatic rings. The number of carbonyl (C=O) groups is 1. The van der Waals surface area contributed by atoms with Crippen molar-refractivity contribution in [2.45, 2.75) is 0 Å². The number of hydrogen-bond donors (Lipinski definition) is 2. The van der Waals surface area contributed by atoms with Crippen molar-refractivity contribution < 1.29 is 13.6 Å². The Labute approximate surface area is 121 Å². The molecule has 0 aliphatic heterocycles. The lowest BCUT2D eigenvalue weighted by atomic mass is 10.2. The van der Waals surface area contributed by atoms with E-state index in [4.69, 9.17) is 16.0 Å². The topological polar surface area (TPSA) is 88.0 Å². The van der Waals surface area contributed by atoms with Crippen molar-refractivity contribution in [3.63, 3.8) is 0 Å². The van der Waals surface area contributed by atoms with Gasteiger partial charge < -0.3 is 9.73 Å². The number of rotatable bonds is 2. The van der Waals surface area contributed by atoms with E-state index in [2.05, 4.69) is 15.3 Å². The van der Waals surface area contributed by atoms with Crippen LogP contribution in [0.2, 0.25) is 5.15 Å². The first-order valence-corrected chi connectivity index (χ1v) is 6.16. The number of aromatic amines is 1. The second kappa shape index (κ2) is 5.02. The van der Waals surface area contributed by atoms with E-state index in [0.29, 0.717) is 16.8 Å². The van der Waals surface area contributed by atoms with Gasteiger partial charge in [0.15, 0.2) is 5.58 Å². The Morgan fingerprint density at radius 3 is 3.00 bits per heavy atom. The number of hydrogen-bond acceptors (Lipinski definition) is 4. The third kappa shape index (κ3) is 2.63. The lowest BCUT2D eigenvalue weighted by molar-refractivity contribution is 0.102. The molecule has 2 heterocycles. The number of carbonyl (C=O) groups excluding carboxylic acids is 1. The number of oxazole rings is 1. The summed E-state index contributed by atoms with van der Waals surface area (Å²) < 4.78 is 17.9. The van der Waals surface area contributed by atoms with Crippen molar-refractivity contribution in [2.75, 3.05) is 5.32 Å². The van der Waals surface area contributed by atoms with Crippen LogP contribution in [0.1, 0.15) is 10.4 Å². The molecule has 0 bridgehead atoms. The van der Waals surface area contributed by atoms with Crippen molar-refractivity contribution in [2.24, 2.45) is 0 Å². The van der Waals surface area contributed by atoms with Gasteiger partial charge in [0.25, 0.3) is 5.91 Å². The Morgan fingerprint density at radius 2 is 2.19 bits per heavy atom. The van der Waals surface area contributed by atoms with Crippen LogP contribution in [0.4, 0.5) is 10.1 Å². The largest absolute Gasteiger partial charge is 0.417 e. The van der Waals surface area contributed by atoms with Crippen molar-refractivity contribution >= 4 is 34.3 Å². The molecular weight excluding hydrogens is 301 g/mol. The summed E-state index contributed by atoms with van der Waals surface area (Å²) >= 11 is 5.75.